The number of hydrogen-bond acceptors (Lipinski definition) is 18. The van der Waals surface area contributed by atoms with Crippen molar-refractivity contribution in [3.63, 3.8) is 0 Å². The lowest BCUT2D eigenvalue weighted by molar-refractivity contribution is -0.379. The van der Waals surface area contributed by atoms with Gasteiger partial charge in [0.05, 0.1) is 38.6 Å². The number of aliphatic hydroxyl groups excluding tert-OH is 11. The van der Waals surface area contributed by atoms with E-state index in [9.17, 15) is 61.0 Å². The molecule has 19 nitrogen and oxygen atoms in total. The molecule has 0 aliphatic carbocycles. The Labute approximate surface area is 459 Å². The predicted octanol–water partition coefficient (Wildman–Crippen LogP) is 4.70. The topological polar surface area (TPSA) is 307 Å². The summed E-state index contributed by atoms with van der Waals surface area (Å²) in [5.74, 6) is -0.288. The summed E-state index contributed by atoms with van der Waals surface area (Å²) in [4.78, 5) is 13.3. The van der Waals surface area contributed by atoms with Crippen LogP contribution in [0.3, 0.4) is 0 Å². The molecule has 3 rings (SSSR count). The fourth-order valence-corrected chi connectivity index (χ4v) is 9.73. The van der Waals surface area contributed by atoms with Gasteiger partial charge in [-0.25, -0.2) is 0 Å². The number of carbonyl (C=O) groups is 1. The molecule has 0 aromatic carbocycles. The van der Waals surface area contributed by atoms with E-state index in [1.165, 1.54) is 83.5 Å². The van der Waals surface area contributed by atoms with Gasteiger partial charge in [0.1, 0.15) is 73.2 Å². The quantitative estimate of drug-likeness (QED) is 0.0291. The number of amides is 1. The third kappa shape index (κ3) is 26.0. The van der Waals surface area contributed by atoms with Crippen LogP contribution in [0.25, 0.3) is 0 Å². The zero-order chi connectivity index (χ0) is 56.2. The first kappa shape index (κ1) is 69.0. The van der Waals surface area contributed by atoms with Crippen molar-refractivity contribution in [2.75, 3.05) is 26.4 Å². The van der Waals surface area contributed by atoms with Gasteiger partial charge in [-0.3, -0.25) is 4.79 Å². The van der Waals surface area contributed by atoms with E-state index >= 15 is 0 Å². The maximum atomic E-state index is 13.3. The largest absolute Gasteiger partial charge is 0.394 e. The van der Waals surface area contributed by atoms with Crippen LogP contribution in [0, 0.1) is 0 Å². The molecule has 3 aliphatic heterocycles. The van der Waals surface area contributed by atoms with Gasteiger partial charge in [0.25, 0.3) is 0 Å². The smallest absolute Gasteiger partial charge is 0.220 e. The van der Waals surface area contributed by atoms with Gasteiger partial charge in [0, 0.05) is 6.42 Å². The molecular weight excluding hydrogens is 999 g/mol. The second-order valence-corrected chi connectivity index (χ2v) is 21.1. The molecule has 17 unspecified atom stereocenters. The summed E-state index contributed by atoms with van der Waals surface area (Å²) < 4.78 is 34.1. The minimum absolute atomic E-state index is 0.233. The first-order chi connectivity index (χ1) is 37.3. The van der Waals surface area contributed by atoms with Gasteiger partial charge < -0.3 is 89.9 Å². The fourth-order valence-electron chi connectivity index (χ4n) is 9.73. The summed E-state index contributed by atoms with van der Waals surface area (Å²) in [7, 11) is 0. The van der Waals surface area contributed by atoms with Crippen LogP contribution >= 0.6 is 0 Å². The number of hydrogen-bond donors (Lipinski definition) is 12. The van der Waals surface area contributed by atoms with E-state index in [4.69, 9.17) is 28.4 Å². The lowest BCUT2D eigenvalue weighted by Crippen LogP contribution is -2.66. The number of nitrogens with one attached hydrogen (secondary N) is 1. The van der Waals surface area contributed by atoms with E-state index in [0.717, 1.165) is 70.6 Å². The predicted molar refractivity (Wildman–Crippen MR) is 291 cm³/mol. The van der Waals surface area contributed by atoms with Crippen LogP contribution < -0.4 is 5.32 Å². The number of allylic oxidation sites excluding steroid dienone is 7. The standard InChI is InChI=1S/C58H103NO18/c1-3-5-7-9-11-13-14-15-16-17-18-19-20-21-22-23-24-25-26-28-30-32-34-36-46(64)59-41(42(63)35-33-31-29-27-12-10-8-6-4-2)40-72-56-52(70)49(67)54(44(38-61)74-56)77-58-53(71)50(68)55(45(39-62)75-58)76-57-51(69)48(66)47(65)43(37-60)73-57/h14-15,17-18,20-21,33,35,41-45,47-58,60-63,65-71H,3-13,16,19,22-32,34,36-40H2,1-2H3,(H,59,64)/b15-14-,18-17-,21-20-,35-33+. The first-order valence-electron chi connectivity index (χ1n) is 29.4. The van der Waals surface area contributed by atoms with Crippen LogP contribution in [0.2, 0.25) is 0 Å². The molecule has 0 radical (unpaired) electrons. The number of ether oxygens (including phenoxy) is 6. The average molecular weight is 1100 g/mol. The Bertz CT molecular complexity index is 1600. The van der Waals surface area contributed by atoms with Gasteiger partial charge in [0.2, 0.25) is 5.91 Å². The van der Waals surface area contributed by atoms with Crippen LogP contribution in [0.5, 0.6) is 0 Å². The minimum atomic E-state index is -1.98. The van der Waals surface area contributed by atoms with Gasteiger partial charge in [-0.05, 0) is 57.8 Å². The highest BCUT2D eigenvalue weighted by Crippen LogP contribution is 2.33. The Morgan fingerprint density at radius 1 is 0.468 bits per heavy atom. The number of rotatable bonds is 42. The Morgan fingerprint density at radius 2 is 0.857 bits per heavy atom. The molecule has 12 N–H and O–H groups in total. The molecule has 17 atom stereocenters. The van der Waals surface area contributed by atoms with Crippen molar-refractivity contribution in [3.8, 4) is 0 Å². The van der Waals surface area contributed by atoms with E-state index in [1.54, 1.807) is 6.08 Å². The summed E-state index contributed by atoms with van der Waals surface area (Å²) in [6.07, 6.45) is 18.3. The Kier molecular flexibility index (Phi) is 37.4. The van der Waals surface area contributed by atoms with Crippen LogP contribution in [0.15, 0.2) is 48.6 Å². The lowest BCUT2D eigenvalue weighted by atomic mass is 9.96. The maximum absolute atomic E-state index is 13.3. The Balaban J connectivity index is 1.46. The Hall–Kier alpha value is -2.25. The van der Waals surface area contributed by atoms with Crippen molar-refractivity contribution >= 4 is 5.91 Å². The second-order valence-electron chi connectivity index (χ2n) is 21.1. The van der Waals surface area contributed by atoms with Gasteiger partial charge in [0.15, 0.2) is 18.9 Å². The monoisotopic (exact) mass is 1100 g/mol. The zero-order valence-corrected chi connectivity index (χ0v) is 46.4. The third-order valence-electron chi connectivity index (χ3n) is 14.6. The molecule has 77 heavy (non-hydrogen) atoms. The number of carbonyl (C=O) groups excluding carboxylic acids is 1. The molecule has 19 heteroatoms. The molecule has 0 aromatic heterocycles. The van der Waals surface area contributed by atoms with Gasteiger partial charge in [-0.1, -0.05) is 165 Å². The van der Waals surface area contributed by atoms with Crippen molar-refractivity contribution in [1.82, 2.24) is 5.32 Å². The summed E-state index contributed by atoms with van der Waals surface area (Å²) >= 11 is 0. The van der Waals surface area contributed by atoms with E-state index in [-0.39, 0.29) is 18.9 Å². The summed E-state index contributed by atoms with van der Waals surface area (Å²) in [6.45, 7) is 1.64. The highest BCUT2D eigenvalue weighted by atomic mass is 16.8. The zero-order valence-electron chi connectivity index (χ0n) is 46.4. The molecule has 0 saturated carbocycles. The molecule has 3 heterocycles. The van der Waals surface area contributed by atoms with E-state index in [0.29, 0.717) is 6.42 Å². The van der Waals surface area contributed by atoms with Crippen molar-refractivity contribution in [1.29, 1.82) is 0 Å². The van der Waals surface area contributed by atoms with Gasteiger partial charge >= 0.3 is 0 Å². The van der Waals surface area contributed by atoms with Crippen LogP contribution in [0.1, 0.15) is 181 Å². The van der Waals surface area contributed by atoms with Crippen LogP contribution in [0.4, 0.5) is 0 Å². The summed E-state index contributed by atoms with van der Waals surface area (Å²) in [5.41, 5.74) is 0. The molecule has 0 bridgehead atoms. The Morgan fingerprint density at radius 3 is 1.34 bits per heavy atom. The summed E-state index contributed by atoms with van der Waals surface area (Å²) in [6, 6.07) is -0.976. The minimum Gasteiger partial charge on any atom is -0.394 e. The van der Waals surface area contributed by atoms with Gasteiger partial charge in [-0.15, -0.1) is 0 Å². The van der Waals surface area contributed by atoms with Gasteiger partial charge in [-0.2, -0.15) is 0 Å². The van der Waals surface area contributed by atoms with Crippen molar-refractivity contribution in [2.24, 2.45) is 0 Å². The highest BCUT2D eigenvalue weighted by molar-refractivity contribution is 5.76. The average Bonchev–Trinajstić information content (AvgIpc) is 3.43. The van der Waals surface area contributed by atoms with Crippen LogP contribution in [-0.4, -0.2) is 193 Å². The lowest BCUT2D eigenvalue weighted by Gasteiger charge is -2.48. The highest BCUT2D eigenvalue weighted by Gasteiger charge is 2.53. The third-order valence-corrected chi connectivity index (χ3v) is 14.6. The SMILES string of the molecule is CCCCCCC/C=C\C/C=C\C/C=C\CCCCCCCCCCC(=O)NC(COC1OC(CO)C(OC2OC(CO)C(OC3OC(CO)C(O)C(O)C3O)C(O)C2O)C(O)C1O)C(O)/C=C/CCCCCCCCC. The van der Waals surface area contributed by atoms with E-state index in [2.05, 4.69) is 55.6 Å². The van der Waals surface area contributed by atoms with Crippen LogP contribution in [-0.2, 0) is 33.2 Å². The number of aliphatic hydroxyl groups is 11. The van der Waals surface area contributed by atoms with E-state index in [1.807, 2.05) is 6.08 Å². The molecule has 3 fully saturated rings. The molecule has 448 valence electrons. The molecule has 3 saturated heterocycles. The fraction of sp³-hybridized carbons (Fsp3) is 0.845. The van der Waals surface area contributed by atoms with Crippen molar-refractivity contribution in [3.05, 3.63) is 48.6 Å². The van der Waals surface area contributed by atoms with E-state index < -0.39 is 124 Å². The molecule has 3 aliphatic rings. The molecular formula is C58H103NO18. The molecule has 0 aromatic rings. The molecule has 1 amide bonds. The van der Waals surface area contributed by atoms with Crippen molar-refractivity contribution < 1.29 is 89.4 Å². The second kappa shape index (κ2) is 41.7. The first-order valence-corrected chi connectivity index (χ1v) is 29.4. The van der Waals surface area contributed by atoms with Crippen molar-refractivity contribution in [2.45, 2.75) is 285 Å². The number of unbranched alkanes of at least 4 members (excludes halogenated alkanes) is 20. The molecule has 0 spiro atoms. The summed E-state index contributed by atoms with van der Waals surface area (Å²) in [5, 5.41) is 120. The maximum Gasteiger partial charge on any atom is 0.220 e. The normalized spacial score (nSPS) is 31.1.